The Kier molecular flexibility index (Phi) is 6.07. The van der Waals surface area contributed by atoms with Gasteiger partial charge in [-0.15, -0.1) is 11.3 Å². The fourth-order valence-corrected chi connectivity index (χ4v) is 4.99. The maximum Gasteiger partial charge on any atom is 0.315 e. The summed E-state index contributed by atoms with van der Waals surface area (Å²) in [5.41, 5.74) is 6.92. The van der Waals surface area contributed by atoms with Crippen molar-refractivity contribution in [1.29, 1.82) is 0 Å². The van der Waals surface area contributed by atoms with Crippen molar-refractivity contribution < 1.29 is 9.53 Å². The van der Waals surface area contributed by atoms with Gasteiger partial charge < -0.3 is 15.4 Å². The van der Waals surface area contributed by atoms with E-state index >= 15 is 0 Å². The first-order valence-corrected chi connectivity index (χ1v) is 11.5. The number of aromatic nitrogens is 4. The molecule has 0 aliphatic rings. The number of ether oxygens (including phenoxy) is 1. The lowest BCUT2D eigenvalue weighted by molar-refractivity contribution is 0.240. The first-order valence-electron chi connectivity index (χ1n) is 10.7. The van der Waals surface area contributed by atoms with Crippen molar-refractivity contribution in [3.05, 3.63) is 62.6 Å². The minimum absolute atomic E-state index is 0.296. The number of methoxy groups -OCH3 is 1. The molecule has 0 saturated carbocycles. The van der Waals surface area contributed by atoms with Gasteiger partial charge in [-0.05, 0) is 63.4 Å². The molecule has 9 heteroatoms. The molecule has 33 heavy (non-hydrogen) atoms. The summed E-state index contributed by atoms with van der Waals surface area (Å²) >= 11 is 1.48. The number of nitrogens with one attached hydrogen (secondary N) is 2. The highest BCUT2D eigenvalue weighted by Crippen LogP contribution is 2.37. The van der Waals surface area contributed by atoms with Gasteiger partial charge in [0, 0.05) is 29.7 Å². The van der Waals surface area contributed by atoms with E-state index in [2.05, 4.69) is 47.9 Å². The molecule has 1 unspecified atom stereocenters. The van der Waals surface area contributed by atoms with Crippen LogP contribution in [0.3, 0.4) is 0 Å². The average Bonchev–Trinajstić information content (AvgIpc) is 3.39. The Bertz CT molecular complexity index is 1320. The Balaban J connectivity index is 2.04. The maximum absolute atomic E-state index is 12.3. The number of nitrogens with zero attached hydrogens (tertiary/aromatic N) is 4. The van der Waals surface area contributed by atoms with Crippen molar-refractivity contribution in [2.75, 3.05) is 14.2 Å². The van der Waals surface area contributed by atoms with Crippen molar-refractivity contribution in [3.8, 4) is 11.4 Å². The van der Waals surface area contributed by atoms with Crippen LogP contribution in [0.4, 0.5) is 4.79 Å². The molecule has 172 valence electrons. The Hall–Kier alpha value is -3.46. The van der Waals surface area contributed by atoms with Gasteiger partial charge in [0.05, 0.1) is 18.5 Å². The zero-order chi connectivity index (χ0) is 23.9. The second-order valence-electron chi connectivity index (χ2n) is 8.04. The molecule has 0 saturated heterocycles. The Labute approximate surface area is 197 Å². The molecule has 1 atom stereocenters. The molecule has 1 aromatic carbocycles. The average molecular weight is 465 g/mol. The molecule has 2 amide bonds. The molecule has 8 nitrogen and oxygen atoms in total. The highest BCUT2D eigenvalue weighted by atomic mass is 32.1. The van der Waals surface area contributed by atoms with Crippen LogP contribution in [0.2, 0.25) is 0 Å². The lowest BCUT2D eigenvalue weighted by atomic mass is 10.1. The summed E-state index contributed by atoms with van der Waals surface area (Å²) in [6, 6.07) is 3.27. The third kappa shape index (κ3) is 3.93. The molecule has 3 aromatic heterocycles. The fourth-order valence-electron chi connectivity index (χ4n) is 4.30. The minimum Gasteiger partial charge on any atom is -0.497 e. The van der Waals surface area contributed by atoms with Crippen molar-refractivity contribution in [1.82, 2.24) is 30.2 Å². The Morgan fingerprint density at radius 3 is 2.39 bits per heavy atom. The Morgan fingerprint density at radius 2 is 1.82 bits per heavy atom. The highest BCUT2D eigenvalue weighted by Gasteiger charge is 2.28. The molecule has 0 fully saturated rings. The van der Waals surface area contributed by atoms with Crippen LogP contribution in [-0.2, 0) is 0 Å². The van der Waals surface area contributed by atoms with E-state index in [0.717, 1.165) is 55.6 Å². The molecule has 0 aliphatic carbocycles. The number of benzene rings is 1. The monoisotopic (exact) mass is 464 g/mol. The number of aryl methyl sites for hydroxylation is 4. The second-order valence-corrected chi connectivity index (χ2v) is 8.96. The predicted molar refractivity (Wildman–Crippen MR) is 131 cm³/mol. The van der Waals surface area contributed by atoms with Gasteiger partial charge in [-0.3, -0.25) is 4.57 Å². The zero-order valence-corrected chi connectivity index (χ0v) is 20.7. The normalized spacial score (nSPS) is 12.1. The molecular weight excluding hydrogens is 436 g/mol. The summed E-state index contributed by atoms with van der Waals surface area (Å²) in [5, 5.41) is 9.24. The Morgan fingerprint density at radius 1 is 1.12 bits per heavy atom. The van der Waals surface area contributed by atoms with E-state index in [0.29, 0.717) is 5.82 Å². The predicted octanol–water partition coefficient (Wildman–Crippen LogP) is 4.45. The molecule has 0 spiro atoms. The van der Waals surface area contributed by atoms with Crippen LogP contribution < -0.4 is 15.4 Å². The van der Waals surface area contributed by atoms with Gasteiger partial charge in [0.2, 0.25) is 0 Å². The molecule has 2 N–H and O–H groups in total. The molecular formula is C24H28N6O2S. The van der Waals surface area contributed by atoms with E-state index in [4.69, 9.17) is 14.7 Å². The fraction of sp³-hybridized carbons (Fsp3) is 0.333. The summed E-state index contributed by atoms with van der Waals surface area (Å²) in [5.74, 6) is 1.45. The largest absolute Gasteiger partial charge is 0.497 e. The molecule has 0 bridgehead atoms. The smallest absolute Gasteiger partial charge is 0.315 e. The molecule has 3 heterocycles. The van der Waals surface area contributed by atoms with Gasteiger partial charge in [-0.2, -0.15) is 0 Å². The third-order valence-electron chi connectivity index (χ3n) is 5.89. The van der Waals surface area contributed by atoms with Gasteiger partial charge in [-0.1, -0.05) is 0 Å². The SMILES string of the molecule is CNC(=O)NC(c1nccs1)c1nc(C)nc2c1c(C)c(C)n2-c1c(C)cc(OC)cc1C. The number of carbonyl (C=O) groups is 1. The highest BCUT2D eigenvalue weighted by molar-refractivity contribution is 7.09. The second kappa shape index (κ2) is 8.82. The van der Waals surface area contributed by atoms with Gasteiger partial charge in [0.1, 0.15) is 28.3 Å². The number of amides is 2. The maximum atomic E-state index is 12.3. The van der Waals surface area contributed by atoms with E-state index in [9.17, 15) is 4.79 Å². The summed E-state index contributed by atoms with van der Waals surface area (Å²) in [6.45, 7) is 10.2. The topological polar surface area (TPSA) is 94.0 Å². The summed E-state index contributed by atoms with van der Waals surface area (Å²) in [6.07, 6.45) is 1.73. The minimum atomic E-state index is -0.499. The van der Waals surface area contributed by atoms with Gasteiger partial charge >= 0.3 is 6.03 Å². The van der Waals surface area contributed by atoms with Gasteiger partial charge in [-0.25, -0.2) is 19.7 Å². The van der Waals surface area contributed by atoms with Gasteiger partial charge in [0.15, 0.2) is 0 Å². The number of hydrogen-bond acceptors (Lipinski definition) is 6. The summed E-state index contributed by atoms with van der Waals surface area (Å²) in [4.78, 5) is 26.5. The number of carbonyl (C=O) groups excluding carboxylic acids is 1. The van der Waals surface area contributed by atoms with Crippen molar-refractivity contribution in [2.24, 2.45) is 0 Å². The van der Waals surface area contributed by atoms with Crippen LogP contribution in [0.5, 0.6) is 5.75 Å². The van der Waals surface area contributed by atoms with E-state index < -0.39 is 6.04 Å². The zero-order valence-electron chi connectivity index (χ0n) is 19.9. The van der Waals surface area contributed by atoms with Crippen LogP contribution in [-0.4, -0.2) is 39.7 Å². The lowest BCUT2D eigenvalue weighted by Crippen LogP contribution is -2.36. The van der Waals surface area contributed by atoms with Crippen molar-refractivity contribution in [3.63, 3.8) is 0 Å². The number of thiazole rings is 1. The number of hydrogen-bond donors (Lipinski definition) is 2. The van der Waals surface area contributed by atoms with E-state index in [-0.39, 0.29) is 6.03 Å². The van der Waals surface area contributed by atoms with E-state index in [1.165, 1.54) is 11.3 Å². The van der Waals surface area contributed by atoms with Crippen LogP contribution in [0.15, 0.2) is 23.7 Å². The first kappa shape index (κ1) is 22.7. The first-order chi connectivity index (χ1) is 15.8. The van der Waals surface area contributed by atoms with Crippen LogP contribution in [0, 0.1) is 34.6 Å². The molecule has 4 rings (SSSR count). The molecule has 4 aromatic rings. The van der Waals surface area contributed by atoms with E-state index in [1.807, 2.05) is 24.4 Å². The van der Waals surface area contributed by atoms with Crippen LogP contribution in [0.25, 0.3) is 16.7 Å². The number of urea groups is 1. The van der Waals surface area contributed by atoms with Crippen LogP contribution in [0.1, 0.15) is 45.0 Å². The number of rotatable bonds is 5. The quantitative estimate of drug-likeness (QED) is 0.455. The van der Waals surface area contributed by atoms with Crippen molar-refractivity contribution >= 4 is 28.4 Å². The standard InChI is InChI=1S/C24H28N6O2S/c1-12-10-17(32-7)11-13(2)21(12)30-15(4)14(3)18-19(27-16(5)28-22(18)30)20(29-24(31)25-6)23-26-8-9-33-23/h8-11,20H,1-7H3,(H2,25,29,31). The summed E-state index contributed by atoms with van der Waals surface area (Å²) < 4.78 is 7.65. The number of fused-ring (bicyclic) bond motifs is 1. The van der Waals surface area contributed by atoms with E-state index in [1.54, 1.807) is 20.4 Å². The summed E-state index contributed by atoms with van der Waals surface area (Å²) in [7, 11) is 3.27. The van der Waals surface area contributed by atoms with Gasteiger partial charge in [0.25, 0.3) is 0 Å². The third-order valence-corrected chi connectivity index (χ3v) is 6.73. The molecule has 0 radical (unpaired) electrons. The van der Waals surface area contributed by atoms with Crippen molar-refractivity contribution in [2.45, 2.75) is 40.7 Å². The van der Waals surface area contributed by atoms with Crippen LogP contribution >= 0.6 is 11.3 Å². The lowest BCUT2D eigenvalue weighted by Gasteiger charge is -2.18. The molecule has 0 aliphatic heterocycles.